The second-order valence-corrected chi connectivity index (χ2v) is 10.1. The number of carboxylic acid groups (broad SMARTS) is 1. The molecule has 2 unspecified atom stereocenters. The first-order valence-electron chi connectivity index (χ1n) is 11.6. The molecule has 0 radical (unpaired) electrons. The summed E-state index contributed by atoms with van der Waals surface area (Å²) in [7, 11) is 0. The first kappa shape index (κ1) is 25.3. The van der Waals surface area contributed by atoms with Crippen LogP contribution in [0.2, 0.25) is 0 Å². The van der Waals surface area contributed by atoms with Crippen LogP contribution in [0.3, 0.4) is 0 Å². The van der Waals surface area contributed by atoms with Crippen molar-refractivity contribution < 1.29 is 24.2 Å². The van der Waals surface area contributed by atoms with Gasteiger partial charge < -0.3 is 20.5 Å². The van der Waals surface area contributed by atoms with E-state index in [0.29, 0.717) is 6.42 Å². The lowest BCUT2D eigenvalue weighted by atomic mass is 9.84. The molecule has 2 aromatic carbocycles. The maximum Gasteiger partial charge on any atom is 0.408 e. The zero-order valence-electron chi connectivity index (χ0n) is 20.5. The summed E-state index contributed by atoms with van der Waals surface area (Å²) in [4.78, 5) is 37.1. The summed E-state index contributed by atoms with van der Waals surface area (Å²) in [5, 5.41) is 14.8. The standard InChI is InChI=1S/C27H34N2O5/c1-6-27(5,24(32)28-22(15-23(30)31)26(2,3)4)29-25(33)34-16-21-19-13-9-7-11-17(19)18-12-8-10-14-20(18)21/h7-14,21-22H,6,15-16H2,1-5H3,(H,28,32)(H,29,33)(H,30,31). The van der Waals surface area contributed by atoms with Crippen molar-refractivity contribution in [2.75, 3.05) is 6.61 Å². The third kappa shape index (κ3) is 5.41. The van der Waals surface area contributed by atoms with Gasteiger partial charge in [-0.3, -0.25) is 9.59 Å². The van der Waals surface area contributed by atoms with Gasteiger partial charge in [0.15, 0.2) is 0 Å². The molecule has 3 rings (SSSR count). The highest BCUT2D eigenvalue weighted by molar-refractivity contribution is 5.90. The van der Waals surface area contributed by atoms with Crippen molar-refractivity contribution >= 4 is 18.0 Å². The Kier molecular flexibility index (Phi) is 7.34. The number of carbonyl (C=O) groups excluding carboxylic acids is 2. The summed E-state index contributed by atoms with van der Waals surface area (Å²) >= 11 is 0. The molecule has 0 heterocycles. The van der Waals surface area contributed by atoms with Crippen LogP contribution >= 0.6 is 0 Å². The molecule has 0 fully saturated rings. The molecule has 2 atom stereocenters. The van der Waals surface area contributed by atoms with Crippen LogP contribution in [-0.4, -0.2) is 41.3 Å². The van der Waals surface area contributed by atoms with E-state index < -0.39 is 35.0 Å². The highest BCUT2D eigenvalue weighted by Crippen LogP contribution is 2.44. The smallest absolute Gasteiger partial charge is 0.408 e. The predicted molar refractivity (Wildman–Crippen MR) is 131 cm³/mol. The van der Waals surface area contributed by atoms with Crippen LogP contribution in [0.5, 0.6) is 0 Å². The number of hydrogen-bond donors (Lipinski definition) is 3. The molecule has 34 heavy (non-hydrogen) atoms. The van der Waals surface area contributed by atoms with Crippen LogP contribution in [0.4, 0.5) is 4.79 Å². The number of rotatable bonds is 8. The molecule has 3 N–H and O–H groups in total. The van der Waals surface area contributed by atoms with Crippen LogP contribution in [0.25, 0.3) is 11.1 Å². The minimum atomic E-state index is -1.25. The van der Waals surface area contributed by atoms with Gasteiger partial charge in [0.25, 0.3) is 0 Å². The molecule has 0 spiro atoms. The first-order chi connectivity index (χ1) is 16.0. The zero-order valence-corrected chi connectivity index (χ0v) is 20.5. The average Bonchev–Trinajstić information content (AvgIpc) is 3.10. The predicted octanol–water partition coefficient (Wildman–Crippen LogP) is 4.70. The zero-order chi connectivity index (χ0) is 25.1. The Morgan fingerprint density at radius 3 is 1.97 bits per heavy atom. The van der Waals surface area contributed by atoms with Gasteiger partial charge in [0.05, 0.1) is 6.42 Å². The molecule has 7 heteroatoms. The molecule has 0 saturated heterocycles. The number of ether oxygens (including phenoxy) is 1. The second kappa shape index (κ2) is 9.87. The van der Waals surface area contributed by atoms with E-state index >= 15 is 0 Å². The maximum absolute atomic E-state index is 13.1. The summed E-state index contributed by atoms with van der Waals surface area (Å²) in [6.07, 6.45) is -0.584. The maximum atomic E-state index is 13.1. The van der Waals surface area contributed by atoms with Gasteiger partial charge in [-0.25, -0.2) is 4.79 Å². The summed E-state index contributed by atoms with van der Waals surface area (Å²) in [6.45, 7) is 9.14. The number of fused-ring (bicyclic) bond motifs is 3. The van der Waals surface area contributed by atoms with Crippen LogP contribution in [-0.2, 0) is 14.3 Å². The van der Waals surface area contributed by atoms with Crippen LogP contribution < -0.4 is 10.6 Å². The van der Waals surface area contributed by atoms with E-state index in [-0.39, 0.29) is 18.9 Å². The summed E-state index contributed by atoms with van der Waals surface area (Å²) < 4.78 is 5.60. The van der Waals surface area contributed by atoms with Crippen LogP contribution in [0.15, 0.2) is 48.5 Å². The molecular weight excluding hydrogens is 432 g/mol. The van der Waals surface area contributed by atoms with E-state index in [1.807, 2.05) is 57.2 Å². The van der Waals surface area contributed by atoms with Crippen molar-refractivity contribution in [1.82, 2.24) is 10.6 Å². The number of benzene rings is 2. The monoisotopic (exact) mass is 466 g/mol. The number of nitrogens with one attached hydrogen (secondary N) is 2. The van der Waals surface area contributed by atoms with E-state index in [4.69, 9.17) is 4.74 Å². The largest absolute Gasteiger partial charge is 0.481 e. The molecule has 2 aromatic rings. The first-order valence-corrected chi connectivity index (χ1v) is 11.6. The number of carboxylic acids is 1. The lowest BCUT2D eigenvalue weighted by molar-refractivity contribution is -0.139. The van der Waals surface area contributed by atoms with Crippen molar-refractivity contribution in [3.8, 4) is 11.1 Å². The Morgan fingerprint density at radius 1 is 0.971 bits per heavy atom. The minimum Gasteiger partial charge on any atom is -0.481 e. The van der Waals surface area contributed by atoms with Crippen molar-refractivity contribution in [2.24, 2.45) is 5.41 Å². The topological polar surface area (TPSA) is 105 Å². The molecule has 0 aromatic heterocycles. The summed E-state index contributed by atoms with van der Waals surface area (Å²) in [5.41, 5.74) is 2.77. The Morgan fingerprint density at radius 2 is 1.50 bits per heavy atom. The van der Waals surface area contributed by atoms with Crippen molar-refractivity contribution in [3.63, 3.8) is 0 Å². The third-order valence-electron chi connectivity index (χ3n) is 6.66. The summed E-state index contributed by atoms with van der Waals surface area (Å²) in [5.74, 6) is -1.52. The lowest BCUT2D eigenvalue weighted by Crippen LogP contribution is -2.60. The van der Waals surface area contributed by atoms with E-state index in [1.165, 1.54) is 0 Å². The molecule has 7 nitrogen and oxygen atoms in total. The molecule has 0 bridgehead atoms. The number of aliphatic carboxylic acids is 1. The second-order valence-electron chi connectivity index (χ2n) is 10.1. The quantitative estimate of drug-likeness (QED) is 0.523. The number of amides is 2. The van der Waals surface area contributed by atoms with Gasteiger partial charge in [0.1, 0.15) is 12.1 Å². The molecule has 1 aliphatic rings. The Labute approximate surface area is 200 Å². The molecule has 1 aliphatic carbocycles. The highest BCUT2D eigenvalue weighted by atomic mass is 16.5. The van der Waals surface area contributed by atoms with Crippen LogP contribution in [0, 0.1) is 5.41 Å². The van der Waals surface area contributed by atoms with Crippen molar-refractivity contribution in [2.45, 2.75) is 65.0 Å². The Hall–Kier alpha value is -3.35. The van der Waals surface area contributed by atoms with E-state index in [1.54, 1.807) is 13.8 Å². The SMILES string of the molecule is CCC(C)(NC(=O)OCC1c2ccccc2-c2ccccc21)C(=O)NC(CC(=O)O)C(C)(C)C. The Balaban J connectivity index is 1.68. The number of alkyl carbamates (subject to hydrolysis) is 1. The fraction of sp³-hybridized carbons (Fsp3) is 0.444. The van der Waals surface area contributed by atoms with E-state index in [2.05, 4.69) is 22.8 Å². The van der Waals surface area contributed by atoms with Crippen molar-refractivity contribution in [1.29, 1.82) is 0 Å². The van der Waals surface area contributed by atoms with Gasteiger partial charge in [-0.2, -0.15) is 0 Å². The fourth-order valence-corrected chi connectivity index (χ4v) is 4.23. The highest BCUT2D eigenvalue weighted by Gasteiger charge is 2.38. The Bertz CT molecular complexity index is 1030. The van der Waals surface area contributed by atoms with Gasteiger partial charge in [-0.15, -0.1) is 0 Å². The third-order valence-corrected chi connectivity index (χ3v) is 6.66. The molecule has 0 aliphatic heterocycles. The van der Waals surface area contributed by atoms with Gasteiger partial charge >= 0.3 is 12.1 Å². The van der Waals surface area contributed by atoms with Crippen LogP contribution in [0.1, 0.15) is 64.5 Å². The van der Waals surface area contributed by atoms with E-state index in [0.717, 1.165) is 22.3 Å². The van der Waals surface area contributed by atoms with Gasteiger partial charge in [0.2, 0.25) is 5.91 Å². The lowest BCUT2D eigenvalue weighted by Gasteiger charge is -2.35. The van der Waals surface area contributed by atoms with Gasteiger partial charge in [-0.05, 0) is 41.0 Å². The molecule has 0 saturated carbocycles. The number of carbonyl (C=O) groups is 3. The molecular formula is C27H34N2O5. The van der Waals surface area contributed by atoms with Gasteiger partial charge in [0, 0.05) is 12.0 Å². The normalized spacial score (nSPS) is 15.4. The molecule has 182 valence electrons. The van der Waals surface area contributed by atoms with Crippen molar-refractivity contribution in [3.05, 3.63) is 59.7 Å². The summed E-state index contributed by atoms with van der Waals surface area (Å²) in [6, 6.07) is 15.5. The van der Waals surface area contributed by atoms with Gasteiger partial charge in [-0.1, -0.05) is 76.2 Å². The minimum absolute atomic E-state index is 0.0827. The number of hydrogen-bond acceptors (Lipinski definition) is 4. The fourth-order valence-electron chi connectivity index (χ4n) is 4.23. The average molecular weight is 467 g/mol. The molecule has 2 amide bonds. The van der Waals surface area contributed by atoms with E-state index in [9.17, 15) is 19.5 Å².